The van der Waals surface area contributed by atoms with Gasteiger partial charge in [0.05, 0.1) is 11.9 Å². The molecule has 0 atom stereocenters. The SMILES string of the molecule is Cn1cc(Nc2ncc(-c3ccc(CC(=O)Cc4cncc(C(C)(F)F)c4)cc3F)cn2)cn1. The summed E-state index contributed by atoms with van der Waals surface area (Å²) < 4.78 is 43.4. The molecule has 0 radical (unpaired) electrons. The molecule has 34 heavy (non-hydrogen) atoms. The van der Waals surface area contributed by atoms with Crippen molar-refractivity contribution in [2.45, 2.75) is 25.7 Å². The van der Waals surface area contributed by atoms with Gasteiger partial charge in [-0.2, -0.15) is 5.10 Å². The molecule has 0 aliphatic rings. The number of ketones is 1. The maximum atomic E-state index is 14.8. The molecule has 0 unspecified atom stereocenters. The molecule has 0 spiro atoms. The number of hydrogen-bond acceptors (Lipinski definition) is 6. The molecule has 0 bridgehead atoms. The van der Waals surface area contributed by atoms with E-state index in [0.29, 0.717) is 28.2 Å². The molecular weight excluding hydrogens is 445 g/mol. The highest BCUT2D eigenvalue weighted by Crippen LogP contribution is 2.27. The van der Waals surface area contributed by atoms with Crippen LogP contribution in [-0.4, -0.2) is 30.5 Å². The van der Waals surface area contributed by atoms with Gasteiger partial charge in [0.2, 0.25) is 5.95 Å². The third kappa shape index (κ3) is 5.64. The highest BCUT2D eigenvalue weighted by Gasteiger charge is 2.25. The van der Waals surface area contributed by atoms with Crippen molar-refractivity contribution in [3.8, 4) is 11.1 Å². The number of carbonyl (C=O) groups excluding carboxylic acids is 1. The molecule has 0 aliphatic carbocycles. The van der Waals surface area contributed by atoms with Gasteiger partial charge >= 0.3 is 0 Å². The van der Waals surface area contributed by atoms with Crippen molar-refractivity contribution in [2.75, 3.05) is 5.32 Å². The smallest absolute Gasteiger partial charge is 0.272 e. The predicted molar refractivity (Wildman–Crippen MR) is 120 cm³/mol. The van der Waals surface area contributed by atoms with Crippen LogP contribution in [0.3, 0.4) is 0 Å². The molecule has 174 valence electrons. The quantitative estimate of drug-likeness (QED) is 0.408. The van der Waals surface area contributed by atoms with E-state index in [9.17, 15) is 18.0 Å². The Morgan fingerprint density at radius 3 is 2.41 bits per heavy atom. The Hall–Kier alpha value is -4.08. The number of pyridine rings is 1. The Morgan fingerprint density at radius 1 is 1.03 bits per heavy atom. The lowest BCUT2D eigenvalue weighted by atomic mass is 9.99. The topological polar surface area (TPSA) is 85.6 Å². The predicted octanol–water partition coefficient (Wildman–Crippen LogP) is 4.62. The number of anilines is 2. The first-order valence-corrected chi connectivity index (χ1v) is 10.4. The molecule has 3 aromatic heterocycles. The van der Waals surface area contributed by atoms with E-state index in [-0.39, 0.29) is 24.2 Å². The second-order valence-electron chi connectivity index (χ2n) is 8.00. The Bertz CT molecular complexity index is 1320. The first-order valence-electron chi connectivity index (χ1n) is 10.4. The molecular formula is C24H21F3N6O. The normalized spacial score (nSPS) is 11.4. The molecule has 4 aromatic rings. The lowest BCUT2D eigenvalue weighted by molar-refractivity contribution is -0.117. The Kier molecular flexibility index (Phi) is 6.40. The second-order valence-corrected chi connectivity index (χ2v) is 8.00. The van der Waals surface area contributed by atoms with Crippen LogP contribution < -0.4 is 5.32 Å². The van der Waals surface area contributed by atoms with Gasteiger partial charge in [-0.25, -0.2) is 23.1 Å². The van der Waals surface area contributed by atoms with Crippen LogP contribution in [0.2, 0.25) is 0 Å². The van der Waals surface area contributed by atoms with Gasteiger partial charge in [0.1, 0.15) is 11.6 Å². The number of rotatable bonds is 8. The molecule has 4 rings (SSSR count). The Labute approximate surface area is 193 Å². The van der Waals surface area contributed by atoms with Crippen molar-refractivity contribution in [3.05, 3.63) is 84.0 Å². The standard InChI is InChI=1S/C24H21F3N6O/c1-24(26,27)18-5-16(9-28-12-18)7-20(34)6-15-3-4-21(22(25)8-15)17-10-29-23(30-11-17)32-19-13-31-33(2)14-19/h3-5,8-14H,6-7H2,1-2H3,(H,29,30,32). The van der Waals surface area contributed by atoms with E-state index in [1.807, 2.05) is 0 Å². The number of benzene rings is 1. The summed E-state index contributed by atoms with van der Waals surface area (Å²) in [5.41, 5.74) is 2.12. The summed E-state index contributed by atoms with van der Waals surface area (Å²) in [5.74, 6) is -3.45. The summed E-state index contributed by atoms with van der Waals surface area (Å²) in [4.78, 5) is 24.6. The molecule has 0 saturated carbocycles. The lowest BCUT2D eigenvalue weighted by Gasteiger charge is -2.11. The van der Waals surface area contributed by atoms with E-state index in [0.717, 1.165) is 18.8 Å². The average Bonchev–Trinajstić information content (AvgIpc) is 3.18. The maximum absolute atomic E-state index is 14.8. The minimum absolute atomic E-state index is 0.0333. The lowest BCUT2D eigenvalue weighted by Crippen LogP contribution is -2.11. The Morgan fingerprint density at radius 2 is 1.76 bits per heavy atom. The molecule has 3 heterocycles. The van der Waals surface area contributed by atoms with Crippen LogP contribution in [0, 0.1) is 5.82 Å². The average molecular weight is 466 g/mol. The van der Waals surface area contributed by atoms with Crippen LogP contribution >= 0.6 is 0 Å². The first kappa shape index (κ1) is 23.1. The van der Waals surface area contributed by atoms with E-state index >= 15 is 0 Å². The number of nitrogens with zero attached hydrogens (tertiary/aromatic N) is 5. The zero-order valence-electron chi connectivity index (χ0n) is 18.5. The van der Waals surface area contributed by atoms with Crippen molar-refractivity contribution in [1.82, 2.24) is 24.7 Å². The van der Waals surface area contributed by atoms with E-state index in [1.165, 1.54) is 30.7 Å². The van der Waals surface area contributed by atoms with Crippen molar-refractivity contribution in [2.24, 2.45) is 7.05 Å². The zero-order chi connectivity index (χ0) is 24.3. The molecule has 1 N–H and O–H groups in total. The number of hydrogen-bond donors (Lipinski definition) is 1. The monoisotopic (exact) mass is 466 g/mol. The van der Waals surface area contributed by atoms with E-state index in [2.05, 4.69) is 25.4 Å². The fraction of sp³-hybridized carbons (Fsp3) is 0.208. The maximum Gasteiger partial charge on any atom is 0.272 e. The fourth-order valence-electron chi connectivity index (χ4n) is 3.39. The van der Waals surface area contributed by atoms with E-state index in [1.54, 1.807) is 36.3 Å². The van der Waals surface area contributed by atoms with Crippen LogP contribution in [-0.2, 0) is 30.6 Å². The molecule has 10 heteroatoms. The van der Waals surface area contributed by atoms with Crippen LogP contribution in [0.5, 0.6) is 0 Å². The summed E-state index contributed by atoms with van der Waals surface area (Å²) >= 11 is 0. The zero-order valence-corrected chi connectivity index (χ0v) is 18.5. The van der Waals surface area contributed by atoms with Gasteiger partial charge in [0.15, 0.2) is 0 Å². The molecule has 7 nitrogen and oxygen atoms in total. The number of nitrogens with one attached hydrogen (secondary N) is 1. The summed E-state index contributed by atoms with van der Waals surface area (Å²) in [5, 5.41) is 7.04. The van der Waals surface area contributed by atoms with E-state index in [4.69, 9.17) is 0 Å². The fourth-order valence-corrected chi connectivity index (χ4v) is 3.39. The van der Waals surface area contributed by atoms with Crippen molar-refractivity contribution in [1.29, 1.82) is 0 Å². The van der Waals surface area contributed by atoms with Gasteiger partial charge < -0.3 is 5.32 Å². The number of aryl methyl sites for hydroxylation is 1. The van der Waals surface area contributed by atoms with Crippen molar-refractivity contribution >= 4 is 17.4 Å². The van der Waals surface area contributed by atoms with Crippen LogP contribution in [0.1, 0.15) is 23.6 Å². The third-order valence-corrected chi connectivity index (χ3v) is 5.06. The van der Waals surface area contributed by atoms with Crippen LogP contribution in [0.4, 0.5) is 24.8 Å². The summed E-state index contributed by atoms with van der Waals surface area (Å²) in [7, 11) is 1.79. The number of Topliss-reactive ketones (excluding diaryl/α,β-unsaturated/α-hetero) is 1. The van der Waals surface area contributed by atoms with Crippen LogP contribution in [0.15, 0.2) is 61.4 Å². The van der Waals surface area contributed by atoms with Crippen LogP contribution in [0.25, 0.3) is 11.1 Å². The van der Waals surface area contributed by atoms with Crippen molar-refractivity contribution in [3.63, 3.8) is 0 Å². The number of carbonyl (C=O) groups is 1. The van der Waals surface area contributed by atoms with Gasteiger partial charge in [0.25, 0.3) is 5.92 Å². The minimum Gasteiger partial charge on any atom is -0.321 e. The molecule has 0 aliphatic heterocycles. The summed E-state index contributed by atoms with van der Waals surface area (Å²) in [6.07, 6.45) is 8.74. The highest BCUT2D eigenvalue weighted by molar-refractivity contribution is 5.83. The molecule has 0 fully saturated rings. The van der Waals surface area contributed by atoms with Gasteiger partial charge in [-0.05, 0) is 23.3 Å². The van der Waals surface area contributed by atoms with Gasteiger partial charge in [-0.1, -0.05) is 12.1 Å². The largest absolute Gasteiger partial charge is 0.321 e. The van der Waals surface area contributed by atoms with Gasteiger partial charge in [-0.3, -0.25) is 14.5 Å². The molecule has 0 saturated heterocycles. The highest BCUT2D eigenvalue weighted by atomic mass is 19.3. The van der Waals surface area contributed by atoms with E-state index < -0.39 is 11.7 Å². The first-order chi connectivity index (χ1) is 16.2. The third-order valence-electron chi connectivity index (χ3n) is 5.06. The number of alkyl halides is 2. The van der Waals surface area contributed by atoms with Crippen molar-refractivity contribution < 1.29 is 18.0 Å². The summed E-state index contributed by atoms with van der Waals surface area (Å²) in [6.45, 7) is 0.774. The second kappa shape index (κ2) is 9.42. The minimum atomic E-state index is -3.04. The van der Waals surface area contributed by atoms with Gasteiger partial charge in [0, 0.05) is 74.5 Å². The number of halogens is 3. The number of aromatic nitrogens is 5. The summed E-state index contributed by atoms with van der Waals surface area (Å²) in [6, 6.07) is 5.75. The van der Waals surface area contributed by atoms with Gasteiger partial charge in [-0.15, -0.1) is 0 Å². The Balaban J connectivity index is 1.41. The molecule has 1 aromatic carbocycles. The molecule has 0 amide bonds.